The van der Waals surface area contributed by atoms with Crippen LogP contribution in [0, 0.1) is 0 Å². The Morgan fingerprint density at radius 3 is 2.22 bits per heavy atom. The molecule has 9 heavy (non-hydrogen) atoms. The molecule has 0 bridgehead atoms. The Morgan fingerprint density at radius 2 is 2.00 bits per heavy atom. The van der Waals surface area contributed by atoms with Crippen LogP contribution in [0.5, 0.6) is 0 Å². The zero-order valence-corrected chi connectivity index (χ0v) is 6.18. The average molecular weight is 125 g/mol. The predicted molar refractivity (Wildman–Crippen MR) is 40.4 cm³/mol. The maximum Gasteiger partial charge on any atom is 0.149 e. The molecule has 0 atom stereocenters. The smallest absolute Gasteiger partial charge is 0.149 e. The highest BCUT2D eigenvalue weighted by molar-refractivity contribution is 5.37. The van der Waals surface area contributed by atoms with Crippen molar-refractivity contribution in [1.82, 2.24) is 9.47 Å². The maximum absolute atomic E-state index is 3.02. The molecule has 1 N–H and O–H groups in total. The first-order valence-corrected chi connectivity index (χ1v) is 3.05. The normalized spacial score (nSPS) is 11.9. The van der Waals surface area contributed by atoms with Crippen LogP contribution < -0.4 is 4.48 Å². The van der Waals surface area contributed by atoms with Gasteiger partial charge in [-0.25, -0.2) is 0 Å². The average Bonchev–Trinajstić information content (AvgIpc) is 2.08. The van der Waals surface area contributed by atoms with Gasteiger partial charge in [0.1, 0.15) is 5.69 Å². The lowest BCUT2D eigenvalue weighted by Crippen LogP contribution is -2.34. The molecule has 1 aromatic heterocycles. The minimum absolute atomic E-state index is 0.878. The number of aromatic amines is 1. The predicted octanol–water partition coefficient (Wildman–Crippen LogP) is 1.21. The number of nitrogens with one attached hydrogen (secondary N) is 1. The van der Waals surface area contributed by atoms with Crippen LogP contribution >= 0.6 is 0 Å². The number of H-pyrrole nitrogens is 1. The molecule has 2 nitrogen and oxygen atoms in total. The summed E-state index contributed by atoms with van der Waals surface area (Å²) in [7, 11) is 6.43. The summed E-state index contributed by atoms with van der Waals surface area (Å²) in [4.78, 5) is 3.02. The summed E-state index contributed by atoms with van der Waals surface area (Å²) < 4.78 is 0.878. The largest absolute Gasteiger partial charge is 0.363 e. The molecule has 0 aliphatic carbocycles. The van der Waals surface area contributed by atoms with Gasteiger partial charge in [-0.3, -0.25) is 4.48 Å². The molecular formula is C7H13N2+. The minimum atomic E-state index is 0.878. The number of hydrogen-bond acceptors (Lipinski definition) is 0. The molecule has 0 saturated carbocycles. The SMILES string of the molecule is C[N+](C)(C)c1cc[nH]c1. The lowest BCUT2D eigenvalue weighted by atomic mass is 10.4. The molecule has 1 rings (SSSR count). The van der Waals surface area contributed by atoms with Crippen LogP contribution in [0.2, 0.25) is 0 Å². The molecule has 0 unspecified atom stereocenters. The fourth-order valence-electron chi connectivity index (χ4n) is 0.732. The third-order valence-corrected chi connectivity index (χ3v) is 1.36. The van der Waals surface area contributed by atoms with Crippen LogP contribution in [0.1, 0.15) is 0 Å². The van der Waals surface area contributed by atoms with E-state index >= 15 is 0 Å². The van der Waals surface area contributed by atoms with Crippen molar-refractivity contribution >= 4 is 5.69 Å². The Labute approximate surface area is 55.7 Å². The summed E-state index contributed by atoms with van der Waals surface area (Å²) in [6.07, 6.45) is 3.96. The lowest BCUT2D eigenvalue weighted by Gasteiger charge is -2.20. The molecule has 50 valence electrons. The van der Waals surface area contributed by atoms with Gasteiger partial charge in [-0.1, -0.05) is 0 Å². The molecule has 0 radical (unpaired) electrons. The monoisotopic (exact) mass is 125 g/mol. The highest BCUT2D eigenvalue weighted by Crippen LogP contribution is 2.13. The maximum atomic E-state index is 3.02. The first-order valence-electron chi connectivity index (χ1n) is 3.05. The number of rotatable bonds is 1. The van der Waals surface area contributed by atoms with Crippen molar-refractivity contribution in [2.75, 3.05) is 21.1 Å². The zero-order valence-electron chi connectivity index (χ0n) is 6.18. The first-order chi connectivity index (χ1) is 4.11. The van der Waals surface area contributed by atoms with Crippen LogP contribution in [0.25, 0.3) is 0 Å². The summed E-state index contributed by atoms with van der Waals surface area (Å²) in [6.45, 7) is 0. The van der Waals surface area contributed by atoms with Gasteiger partial charge in [0.05, 0.1) is 27.3 Å². The van der Waals surface area contributed by atoms with E-state index in [4.69, 9.17) is 0 Å². The van der Waals surface area contributed by atoms with Crippen LogP contribution in [0.15, 0.2) is 18.5 Å². The van der Waals surface area contributed by atoms with E-state index in [1.165, 1.54) is 5.69 Å². The van der Waals surface area contributed by atoms with Gasteiger partial charge in [0, 0.05) is 12.3 Å². The molecule has 0 amide bonds. The Kier molecular flexibility index (Phi) is 1.33. The van der Waals surface area contributed by atoms with Crippen molar-refractivity contribution < 1.29 is 0 Å². The van der Waals surface area contributed by atoms with Crippen molar-refractivity contribution in [3.05, 3.63) is 18.5 Å². The second-order valence-electron chi connectivity index (χ2n) is 3.08. The molecule has 0 spiro atoms. The topological polar surface area (TPSA) is 15.8 Å². The number of quaternary nitrogens is 1. The summed E-state index contributed by atoms with van der Waals surface area (Å²) >= 11 is 0. The quantitative estimate of drug-likeness (QED) is 0.543. The van der Waals surface area contributed by atoms with Crippen LogP contribution in [-0.2, 0) is 0 Å². The summed E-state index contributed by atoms with van der Waals surface area (Å²) in [5, 5.41) is 0. The Hall–Kier alpha value is -0.760. The van der Waals surface area contributed by atoms with Gasteiger partial charge >= 0.3 is 0 Å². The number of aromatic nitrogens is 1. The van der Waals surface area contributed by atoms with Crippen molar-refractivity contribution in [3.8, 4) is 0 Å². The third-order valence-electron chi connectivity index (χ3n) is 1.36. The van der Waals surface area contributed by atoms with E-state index in [0.29, 0.717) is 0 Å². The van der Waals surface area contributed by atoms with Crippen molar-refractivity contribution in [3.63, 3.8) is 0 Å². The Bertz CT molecular complexity index is 169. The van der Waals surface area contributed by atoms with Gasteiger partial charge in [0.25, 0.3) is 0 Å². The molecule has 1 aromatic rings. The molecular weight excluding hydrogens is 112 g/mol. The van der Waals surface area contributed by atoms with E-state index in [9.17, 15) is 0 Å². The fourth-order valence-corrected chi connectivity index (χ4v) is 0.732. The number of hydrogen-bond donors (Lipinski definition) is 1. The zero-order chi connectivity index (χ0) is 6.91. The second-order valence-corrected chi connectivity index (χ2v) is 3.08. The summed E-state index contributed by atoms with van der Waals surface area (Å²) in [5.41, 5.74) is 1.30. The van der Waals surface area contributed by atoms with Gasteiger partial charge in [-0.15, -0.1) is 0 Å². The van der Waals surface area contributed by atoms with E-state index in [0.717, 1.165) is 4.48 Å². The van der Waals surface area contributed by atoms with E-state index in [-0.39, 0.29) is 0 Å². The van der Waals surface area contributed by atoms with E-state index in [2.05, 4.69) is 32.2 Å². The van der Waals surface area contributed by atoms with Gasteiger partial charge in [-0.2, -0.15) is 0 Å². The first kappa shape index (κ1) is 6.36. The molecule has 0 aromatic carbocycles. The minimum Gasteiger partial charge on any atom is -0.363 e. The molecule has 0 aliphatic heterocycles. The van der Waals surface area contributed by atoms with E-state index in [1.54, 1.807) is 0 Å². The van der Waals surface area contributed by atoms with Crippen LogP contribution in [0.4, 0.5) is 5.69 Å². The van der Waals surface area contributed by atoms with Crippen molar-refractivity contribution in [2.24, 2.45) is 0 Å². The summed E-state index contributed by atoms with van der Waals surface area (Å²) in [6, 6.07) is 2.08. The molecule has 0 aliphatic rings. The van der Waals surface area contributed by atoms with Crippen molar-refractivity contribution in [2.45, 2.75) is 0 Å². The van der Waals surface area contributed by atoms with Crippen molar-refractivity contribution in [1.29, 1.82) is 0 Å². The number of nitrogens with zero attached hydrogens (tertiary/aromatic N) is 1. The Balaban J connectivity index is 2.90. The lowest BCUT2D eigenvalue weighted by molar-refractivity contribution is 0.487. The van der Waals surface area contributed by atoms with E-state index < -0.39 is 0 Å². The van der Waals surface area contributed by atoms with E-state index in [1.807, 2.05) is 12.4 Å². The van der Waals surface area contributed by atoms with Crippen LogP contribution in [0.3, 0.4) is 0 Å². The standard InChI is InChI=1S/C7H13N2/c1-9(2,3)7-4-5-8-6-7/h4-6,8H,1-3H3/q+1. The molecule has 0 saturated heterocycles. The van der Waals surface area contributed by atoms with Gasteiger partial charge in [0.15, 0.2) is 0 Å². The Morgan fingerprint density at radius 1 is 1.33 bits per heavy atom. The third kappa shape index (κ3) is 1.33. The summed E-state index contributed by atoms with van der Waals surface area (Å²) in [5.74, 6) is 0. The fraction of sp³-hybridized carbons (Fsp3) is 0.429. The van der Waals surface area contributed by atoms with Gasteiger partial charge < -0.3 is 4.98 Å². The molecule has 0 fully saturated rings. The second kappa shape index (κ2) is 1.88. The van der Waals surface area contributed by atoms with Crippen LogP contribution in [-0.4, -0.2) is 26.1 Å². The highest BCUT2D eigenvalue weighted by Gasteiger charge is 2.10. The van der Waals surface area contributed by atoms with Gasteiger partial charge in [-0.05, 0) is 0 Å². The molecule has 1 heterocycles. The van der Waals surface area contributed by atoms with Gasteiger partial charge in [0.2, 0.25) is 0 Å². The molecule has 2 heteroatoms. The highest BCUT2D eigenvalue weighted by atomic mass is 15.3.